The van der Waals surface area contributed by atoms with Gasteiger partial charge in [0.1, 0.15) is 5.82 Å². The Morgan fingerprint density at radius 1 is 0.852 bits per heavy atom. The summed E-state index contributed by atoms with van der Waals surface area (Å²) < 4.78 is 12.9. The molecule has 0 bridgehead atoms. The summed E-state index contributed by atoms with van der Waals surface area (Å²) in [7, 11) is 0. The van der Waals surface area contributed by atoms with E-state index in [1.54, 1.807) is 24.3 Å². The second kappa shape index (κ2) is 8.27. The predicted molar refractivity (Wildman–Crippen MR) is 103 cm³/mol. The van der Waals surface area contributed by atoms with Crippen molar-refractivity contribution in [3.8, 4) is 0 Å². The second-order valence-corrected chi connectivity index (χ2v) is 6.21. The van der Waals surface area contributed by atoms with E-state index in [0.29, 0.717) is 23.4 Å². The number of hydrogen-bond donors (Lipinski definition) is 2. The van der Waals surface area contributed by atoms with Crippen LogP contribution in [0.4, 0.5) is 10.1 Å². The van der Waals surface area contributed by atoms with E-state index in [9.17, 15) is 14.0 Å². The summed E-state index contributed by atoms with van der Waals surface area (Å²) in [5.74, 6) is -0.899. The lowest BCUT2D eigenvalue weighted by molar-refractivity contribution is 0.0949. The standard InChI is InChI=1S/C22H19FN2O2/c1-15-3-2-4-16(13-15)14-24-21(26)17-5-7-18(8-6-17)22(27)25-20-11-9-19(23)10-12-20/h2-13H,14H2,1H3,(H,24,26)(H,25,27). The molecule has 0 heterocycles. The van der Waals surface area contributed by atoms with Gasteiger partial charge in [-0.05, 0) is 61.0 Å². The number of carbonyl (C=O) groups is 2. The lowest BCUT2D eigenvalue weighted by atomic mass is 10.1. The van der Waals surface area contributed by atoms with Crippen LogP contribution < -0.4 is 10.6 Å². The maximum Gasteiger partial charge on any atom is 0.255 e. The zero-order chi connectivity index (χ0) is 19.2. The van der Waals surface area contributed by atoms with Gasteiger partial charge in [0.15, 0.2) is 0 Å². The van der Waals surface area contributed by atoms with Crippen molar-refractivity contribution < 1.29 is 14.0 Å². The molecule has 2 amide bonds. The van der Waals surface area contributed by atoms with Crippen molar-refractivity contribution in [2.45, 2.75) is 13.5 Å². The fraction of sp³-hybridized carbons (Fsp3) is 0.0909. The van der Waals surface area contributed by atoms with Gasteiger partial charge in [0.2, 0.25) is 0 Å². The van der Waals surface area contributed by atoms with E-state index in [2.05, 4.69) is 10.6 Å². The summed E-state index contributed by atoms with van der Waals surface area (Å²) in [6.07, 6.45) is 0. The molecule has 0 saturated heterocycles. The summed E-state index contributed by atoms with van der Waals surface area (Å²) in [5, 5.41) is 5.54. The van der Waals surface area contributed by atoms with E-state index in [1.807, 2.05) is 31.2 Å². The van der Waals surface area contributed by atoms with Gasteiger partial charge in [-0.15, -0.1) is 0 Å². The first-order valence-corrected chi connectivity index (χ1v) is 8.52. The molecule has 0 saturated carbocycles. The second-order valence-electron chi connectivity index (χ2n) is 6.21. The fourth-order valence-electron chi connectivity index (χ4n) is 2.62. The Hall–Kier alpha value is -3.47. The van der Waals surface area contributed by atoms with Gasteiger partial charge in [-0.25, -0.2) is 4.39 Å². The molecule has 0 aliphatic carbocycles. The number of rotatable bonds is 5. The summed E-state index contributed by atoms with van der Waals surface area (Å²) in [4.78, 5) is 24.5. The van der Waals surface area contributed by atoms with E-state index >= 15 is 0 Å². The third-order valence-corrected chi connectivity index (χ3v) is 4.05. The molecule has 3 aromatic carbocycles. The Morgan fingerprint density at radius 2 is 1.48 bits per heavy atom. The van der Waals surface area contributed by atoms with Gasteiger partial charge in [-0.1, -0.05) is 29.8 Å². The number of aryl methyl sites for hydroxylation is 1. The minimum Gasteiger partial charge on any atom is -0.348 e. The Balaban J connectivity index is 1.59. The molecule has 136 valence electrons. The van der Waals surface area contributed by atoms with Crippen LogP contribution in [0, 0.1) is 12.7 Å². The minimum atomic E-state index is -0.367. The van der Waals surface area contributed by atoms with Gasteiger partial charge in [-0.3, -0.25) is 9.59 Å². The topological polar surface area (TPSA) is 58.2 Å². The molecular formula is C22H19FN2O2. The molecule has 3 aromatic rings. The van der Waals surface area contributed by atoms with Crippen LogP contribution >= 0.6 is 0 Å². The first-order chi connectivity index (χ1) is 13.0. The quantitative estimate of drug-likeness (QED) is 0.710. The van der Waals surface area contributed by atoms with E-state index in [1.165, 1.54) is 24.3 Å². The first kappa shape index (κ1) is 18.3. The molecule has 0 radical (unpaired) electrons. The molecule has 27 heavy (non-hydrogen) atoms. The smallest absolute Gasteiger partial charge is 0.255 e. The highest BCUT2D eigenvalue weighted by Gasteiger charge is 2.09. The fourth-order valence-corrected chi connectivity index (χ4v) is 2.62. The highest BCUT2D eigenvalue weighted by atomic mass is 19.1. The lowest BCUT2D eigenvalue weighted by Gasteiger charge is -2.08. The minimum absolute atomic E-state index is 0.206. The lowest BCUT2D eigenvalue weighted by Crippen LogP contribution is -2.23. The average molecular weight is 362 g/mol. The van der Waals surface area contributed by atoms with Crippen LogP contribution in [0.1, 0.15) is 31.8 Å². The van der Waals surface area contributed by atoms with Crippen molar-refractivity contribution in [1.29, 1.82) is 0 Å². The highest BCUT2D eigenvalue weighted by molar-refractivity contribution is 6.05. The van der Waals surface area contributed by atoms with Crippen LogP contribution in [0.15, 0.2) is 72.8 Å². The van der Waals surface area contributed by atoms with Gasteiger partial charge in [-0.2, -0.15) is 0 Å². The van der Waals surface area contributed by atoms with Crippen LogP contribution in [0.3, 0.4) is 0 Å². The number of carbonyl (C=O) groups excluding carboxylic acids is 2. The Labute approximate surface area is 157 Å². The number of hydrogen-bond acceptors (Lipinski definition) is 2. The molecule has 5 heteroatoms. The average Bonchev–Trinajstić information content (AvgIpc) is 2.68. The molecule has 0 unspecified atom stereocenters. The SMILES string of the molecule is Cc1cccc(CNC(=O)c2ccc(C(=O)Nc3ccc(F)cc3)cc2)c1. The Morgan fingerprint density at radius 3 is 2.11 bits per heavy atom. The highest BCUT2D eigenvalue weighted by Crippen LogP contribution is 2.12. The molecule has 0 spiro atoms. The molecular weight excluding hydrogens is 343 g/mol. The van der Waals surface area contributed by atoms with Gasteiger partial charge in [0.05, 0.1) is 0 Å². The van der Waals surface area contributed by atoms with Crippen molar-refractivity contribution in [3.05, 3.63) is 101 Å². The van der Waals surface area contributed by atoms with Crippen LogP contribution in [0.25, 0.3) is 0 Å². The number of amides is 2. The number of halogens is 1. The largest absolute Gasteiger partial charge is 0.348 e. The van der Waals surface area contributed by atoms with E-state index in [4.69, 9.17) is 0 Å². The summed E-state index contributed by atoms with van der Waals surface area (Å²) in [5.41, 5.74) is 3.55. The van der Waals surface area contributed by atoms with E-state index < -0.39 is 0 Å². The van der Waals surface area contributed by atoms with E-state index in [-0.39, 0.29) is 17.6 Å². The molecule has 0 aliphatic heterocycles. The first-order valence-electron chi connectivity index (χ1n) is 8.52. The van der Waals surface area contributed by atoms with Crippen LogP contribution in [-0.2, 0) is 6.54 Å². The molecule has 3 rings (SSSR count). The number of nitrogens with one attached hydrogen (secondary N) is 2. The van der Waals surface area contributed by atoms with Crippen molar-refractivity contribution in [2.75, 3.05) is 5.32 Å². The van der Waals surface area contributed by atoms with Crippen molar-refractivity contribution >= 4 is 17.5 Å². The number of anilines is 1. The zero-order valence-electron chi connectivity index (χ0n) is 14.8. The zero-order valence-corrected chi connectivity index (χ0v) is 14.8. The molecule has 2 N–H and O–H groups in total. The maximum atomic E-state index is 12.9. The summed E-state index contributed by atoms with van der Waals surface area (Å²) in [6, 6.07) is 19.8. The van der Waals surface area contributed by atoms with Gasteiger partial charge in [0, 0.05) is 23.4 Å². The Bertz CT molecular complexity index is 951. The van der Waals surface area contributed by atoms with Crippen molar-refractivity contribution in [2.24, 2.45) is 0 Å². The van der Waals surface area contributed by atoms with Gasteiger partial charge < -0.3 is 10.6 Å². The third-order valence-electron chi connectivity index (χ3n) is 4.05. The molecule has 0 fully saturated rings. The summed E-state index contributed by atoms with van der Waals surface area (Å²) >= 11 is 0. The summed E-state index contributed by atoms with van der Waals surface area (Å²) in [6.45, 7) is 2.44. The maximum absolute atomic E-state index is 12.9. The van der Waals surface area contributed by atoms with E-state index in [0.717, 1.165) is 11.1 Å². The monoisotopic (exact) mass is 362 g/mol. The predicted octanol–water partition coefficient (Wildman–Crippen LogP) is 4.32. The van der Waals surface area contributed by atoms with Crippen LogP contribution in [0.5, 0.6) is 0 Å². The van der Waals surface area contributed by atoms with Crippen molar-refractivity contribution in [1.82, 2.24) is 5.32 Å². The van der Waals surface area contributed by atoms with Crippen LogP contribution in [-0.4, -0.2) is 11.8 Å². The van der Waals surface area contributed by atoms with Crippen molar-refractivity contribution in [3.63, 3.8) is 0 Å². The Kier molecular flexibility index (Phi) is 5.61. The molecule has 0 atom stereocenters. The number of benzene rings is 3. The molecule has 0 aliphatic rings. The van der Waals surface area contributed by atoms with Gasteiger partial charge in [0.25, 0.3) is 11.8 Å². The molecule has 0 aromatic heterocycles. The third kappa shape index (κ3) is 5.01. The van der Waals surface area contributed by atoms with Gasteiger partial charge >= 0.3 is 0 Å². The van der Waals surface area contributed by atoms with Crippen LogP contribution in [0.2, 0.25) is 0 Å². The molecule has 4 nitrogen and oxygen atoms in total. The normalized spacial score (nSPS) is 10.3.